The molecule has 1 N–H and O–H groups in total. The zero-order valence-electron chi connectivity index (χ0n) is 9.95. The molecule has 0 aliphatic heterocycles. The fourth-order valence-corrected chi connectivity index (χ4v) is 2.69. The Balaban J connectivity index is 2.23. The van der Waals surface area contributed by atoms with Gasteiger partial charge in [-0.3, -0.25) is 0 Å². The van der Waals surface area contributed by atoms with Crippen molar-refractivity contribution in [3.63, 3.8) is 0 Å². The van der Waals surface area contributed by atoms with Crippen LogP contribution >= 0.6 is 22.6 Å². The summed E-state index contributed by atoms with van der Waals surface area (Å²) in [5.74, 6) is 0.445. The highest BCUT2D eigenvalue weighted by molar-refractivity contribution is 14.1. The summed E-state index contributed by atoms with van der Waals surface area (Å²) in [6.07, 6.45) is 7.39. The topological polar surface area (TPSA) is 20.2 Å². The zero-order valence-corrected chi connectivity index (χ0v) is 12.1. The minimum atomic E-state index is 0.445. The molecule has 1 atom stereocenters. The second kappa shape index (κ2) is 7.93. The van der Waals surface area contributed by atoms with Crippen LogP contribution in [0.5, 0.6) is 5.75 Å². The lowest BCUT2D eigenvalue weighted by Gasteiger charge is -2.09. The molecule has 0 aliphatic rings. The first-order chi connectivity index (χ1) is 7.74. The third-order valence-corrected chi connectivity index (χ3v) is 4.07. The largest absolute Gasteiger partial charge is 0.508 e. The molecule has 0 bridgehead atoms. The van der Waals surface area contributed by atoms with Crippen LogP contribution in [0, 0.1) is 0 Å². The molecule has 0 aliphatic carbocycles. The van der Waals surface area contributed by atoms with Gasteiger partial charge in [0, 0.05) is 3.92 Å². The molecule has 0 fully saturated rings. The minimum Gasteiger partial charge on any atom is -0.508 e. The highest BCUT2D eigenvalue weighted by atomic mass is 127. The predicted molar refractivity (Wildman–Crippen MR) is 78.4 cm³/mol. The molecular formula is C14H21IO. The number of hydrogen-bond donors (Lipinski definition) is 1. The second-order valence-electron chi connectivity index (χ2n) is 4.26. The molecule has 1 rings (SSSR count). The Labute approximate surface area is 112 Å². The summed E-state index contributed by atoms with van der Waals surface area (Å²) < 4.78 is 0.795. The van der Waals surface area contributed by atoms with Crippen LogP contribution < -0.4 is 0 Å². The lowest BCUT2D eigenvalue weighted by Crippen LogP contribution is -1.98. The quantitative estimate of drug-likeness (QED) is 0.566. The van der Waals surface area contributed by atoms with E-state index < -0.39 is 0 Å². The lowest BCUT2D eigenvalue weighted by molar-refractivity contribution is 0.466. The van der Waals surface area contributed by atoms with E-state index in [9.17, 15) is 5.11 Å². The smallest absolute Gasteiger partial charge is 0.118 e. The van der Waals surface area contributed by atoms with Crippen molar-refractivity contribution in [1.29, 1.82) is 0 Å². The Kier molecular flexibility index (Phi) is 6.85. The maximum absolute atomic E-state index is 9.62. The average molecular weight is 332 g/mol. The number of para-hydroxylation sites is 1. The Hall–Kier alpha value is -0.250. The van der Waals surface area contributed by atoms with Gasteiger partial charge in [0.25, 0.3) is 0 Å². The number of aromatic hydroxyl groups is 1. The van der Waals surface area contributed by atoms with Crippen molar-refractivity contribution in [1.82, 2.24) is 0 Å². The maximum atomic E-state index is 9.62. The molecule has 90 valence electrons. The van der Waals surface area contributed by atoms with E-state index in [2.05, 4.69) is 29.5 Å². The Morgan fingerprint density at radius 1 is 1.19 bits per heavy atom. The molecule has 2 heteroatoms. The van der Waals surface area contributed by atoms with Gasteiger partial charge in [0.1, 0.15) is 5.75 Å². The number of phenols is 1. The Bertz CT molecular complexity index is 299. The molecule has 1 aromatic carbocycles. The molecule has 16 heavy (non-hydrogen) atoms. The summed E-state index contributed by atoms with van der Waals surface area (Å²) in [4.78, 5) is 0. The van der Waals surface area contributed by atoms with Gasteiger partial charge in [-0.15, -0.1) is 0 Å². The summed E-state index contributed by atoms with van der Waals surface area (Å²) in [5, 5.41) is 9.62. The summed E-state index contributed by atoms with van der Waals surface area (Å²) in [6, 6.07) is 7.66. The number of phenolic OH excluding ortho intramolecular Hbond substituents is 1. The predicted octanol–water partition coefficient (Wildman–Crippen LogP) is 4.71. The van der Waals surface area contributed by atoms with Crippen molar-refractivity contribution in [2.75, 3.05) is 0 Å². The number of halogens is 1. The molecule has 0 saturated carbocycles. The SMILES string of the molecule is CCCCC(I)CCCc1ccccc1O. The normalized spacial score (nSPS) is 12.6. The van der Waals surface area contributed by atoms with Gasteiger partial charge < -0.3 is 5.11 Å². The number of benzene rings is 1. The van der Waals surface area contributed by atoms with Crippen molar-refractivity contribution >= 4 is 22.6 Å². The summed E-state index contributed by atoms with van der Waals surface area (Å²) in [5.41, 5.74) is 1.08. The van der Waals surface area contributed by atoms with Crippen LogP contribution in [-0.2, 0) is 6.42 Å². The number of rotatable bonds is 7. The van der Waals surface area contributed by atoms with E-state index in [0.29, 0.717) is 5.75 Å². The van der Waals surface area contributed by atoms with Gasteiger partial charge in [0.15, 0.2) is 0 Å². The van der Waals surface area contributed by atoms with Gasteiger partial charge >= 0.3 is 0 Å². The van der Waals surface area contributed by atoms with E-state index in [0.717, 1.165) is 15.9 Å². The third-order valence-electron chi connectivity index (χ3n) is 2.83. The van der Waals surface area contributed by atoms with Crippen LogP contribution in [0.3, 0.4) is 0 Å². The van der Waals surface area contributed by atoms with E-state index in [-0.39, 0.29) is 0 Å². The van der Waals surface area contributed by atoms with Gasteiger partial charge in [0.05, 0.1) is 0 Å². The first kappa shape index (κ1) is 13.8. The van der Waals surface area contributed by atoms with Gasteiger partial charge in [-0.1, -0.05) is 60.6 Å². The number of unbranched alkanes of at least 4 members (excludes halogenated alkanes) is 1. The fourth-order valence-electron chi connectivity index (χ4n) is 1.81. The molecule has 1 unspecified atom stereocenters. The Morgan fingerprint density at radius 2 is 1.88 bits per heavy atom. The van der Waals surface area contributed by atoms with Crippen LogP contribution in [0.1, 0.15) is 44.6 Å². The van der Waals surface area contributed by atoms with Crippen molar-refractivity contribution in [2.45, 2.75) is 49.4 Å². The molecule has 0 spiro atoms. The maximum Gasteiger partial charge on any atom is 0.118 e. The average Bonchev–Trinajstić information content (AvgIpc) is 2.29. The van der Waals surface area contributed by atoms with Gasteiger partial charge in [-0.25, -0.2) is 0 Å². The van der Waals surface area contributed by atoms with E-state index in [4.69, 9.17) is 0 Å². The van der Waals surface area contributed by atoms with Gasteiger partial charge in [-0.2, -0.15) is 0 Å². The monoisotopic (exact) mass is 332 g/mol. The van der Waals surface area contributed by atoms with Crippen molar-refractivity contribution in [3.05, 3.63) is 29.8 Å². The standard InChI is InChI=1S/C14H21IO/c1-2-3-9-13(15)10-6-8-12-7-4-5-11-14(12)16/h4-5,7,11,13,16H,2-3,6,8-10H2,1H3. The first-order valence-electron chi connectivity index (χ1n) is 6.15. The summed E-state index contributed by atoms with van der Waals surface area (Å²) in [6.45, 7) is 2.24. The van der Waals surface area contributed by atoms with Crippen LogP contribution in [0.25, 0.3) is 0 Å². The molecule has 0 amide bonds. The fraction of sp³-hybridized carbons (Fsp3) is 0.571. The van der Waals surface area contributed by atoms with Crippen molar-refractivity contribution in [2.24, 2.45) is 0 Å². The second-order valence-corrected chi connectivity index (χ2v) is 6.02. The highest BCUT2D eigenvalue weighted by Gasteiger charge is 2.04. The van der Waals surface area contributed by atoms with Gasteiger partial charge in [0.2, 0.25) is 0 Å². The minimum absolute atomic E-state index is 0.445. The molecule has 0 radical (unpaired) electrons. The summed E-state index contributed by atoms with van der Waals surface area (Å²) in [7, 11) is 0. The van der Waals surface area contributed by atoms with Crippen LogP contribution in [0.4, 0.5) is 0 Å². The molecule has 1 nitrogen and oxygen atoms in total. The molecular weight excluding hydrogens is 311 g/mol. The number of hydrogen-bond acceptors (Lipinski definition) is 1. The molecule has 0 aromatic heterocycles. The third kappa shape index (κ3) is 5.19. The molecule has 0 heterocycles. The van der Waals surface area contributed by atoms with Crippen LogP contribution in [0.15, 0.2) is 24.3 Å². The summed E-state index contributed by atoms with van der Waals surface area (Å²) >= 11 is 2.55. The molecule has 0 saturated heterocycles. The van der Waals surface area contributed by atoms with E-state index in [1.54, 1.807) is 6.07 Å². The van der Waals surface area contributed by atoms with Crippen molar-refractivity contribution < 1.29 is 5.11 Å². The zero-order chi connectivity index (χ0) is 11.8. The van der Waals surface area contributed by atoms with Crippen molar-refractivity contribution in [3.8, 4) is 5.75 Å². The lowest BCUT2D eigenvalue weighted by atomic mass is 10.0. The number of aryl methyl sites for hydroxylation is 1. The van der Waals surface area contributed by atoms with Crippen LogP contribution in [-0.4, -0.2) is 9.03 Å². The van der Waals surface area contributed by atoms with Gasteiger partial charge in [-0.05, 0) is 37.3 Å². The first-order valence-corrected chi connectivity index (χ1v) is 7.39. The van der Waals surface area contributed by atoms with E-state index in [1.165, 1.54) is 32.1 Å². The van der Waals surface area contributed by atoms with E-state index >= 15 is 0 Å². The van der Waals surface area contributed by atoms with Crippen LogP contribution in [0.2, 0.25) is 0 Å². The van der Waals surface area contributed by atoms with E-state index in [1.807, 2.05) is 18.2 Å². The Morgan fingerprint density at radius 3 is 2.56 bits per heavy atom. The molecule has 1 aromatic rings. The highest BCUT2D eigenvalue weighted by Crippen LogP contribution is 2.21. The number of alkyl halides is 1.